The van der Waals surface area contributed by atoms with Crippen LogP contribution in [0.15, 0.2) is 26.7 Å². The zero-order valence-corrected chi connectivity index (χ0v) is 14.9. The first kappa shape index (κ1) is 16.7. The monoisotopic (exact) mass is 389 g/mol. The fraction of sp³-hybridized carbons (Fsp3) is 0.467. The van der Waals surface area contributed by atoms with Gasteiger partial charge in [0.15, 0.2) is 0 Å². The first-order valence-electron chi connectivity index (χ1n) is 6.58. The second-order valence-electron chi connectivity index (χ2n) is 4.41. The first-order valence-corrected chi connectivity index (χ1v) is 8.16. The fourth-order valence-electron chi connectivity index (χ4n) is 1.74. The molecule has 0 saturated carbocycles. The molecule has 0 bridgehead atoms. The van der Waals surface area contributed by atoms with Gasteiger partial charge < -0.3 is 10.1 Å². The summed E-state index contributed by atoms with van der Waals surface area (Å²) in [4.78, 5) is 0. The predicted octanol–water partition coefficient (Wildman–Crippen LogP) is 5.01. The van der Waals surface area contributed by atoms with Gasteiger partial charge in [0.2, 0.25) is 0 Å². The summed E-state index contributed by atoms with van der Waals surface area (Å²) in [5.41, 5.74) is 2.48. The van der Waals surface area contributed by atoms with Crippen molar-refractivity contribution >= 4 is 37.9 Å². The van der Waals surface area contributed by atoms with Crippen molar-refractivity contribution in [3.8, 4) is 5.75 Å². The van der Waals surface area contributed by atoms with Crippen molar-refractivity contribution < 1.29 is 4.74 Å². The van der Waals surface area contributed by atoms with E-state index in [0.29, 0.717) is 6.61 Å². The molecule has 0 aromatic heterocycles. The van der Waals surface area contributed by atoms with Gasteiger partial charge in [-0.25, -0.2) is 0 Å². The van der Waals surface area contributed by atoms with Crippen LogP contribution in [0.4, 0.5) is 0 Å². The van der Waals surface area contributed by atoms with Crippen LogP contribution in [0.1, 0.15) is 32.8 Å². The molecule has 0 saturated heterocycles. The van der Waals surface area contributed by atoms with Crippen LogP contribution in [0.25, 0.3) is 6.08 Å². The van der Waals surface area contributed by atoms with Crippen LogP contribution < -0.4 is 10.1 Å². The maximum absolute atomic E-state index is 5.58. The molecule has 19 heavy (non-hydrogen) atoms. The molecular weight excluding hydrogens is 370 g/mol. The number of halogens is 2. The van der Waals surface area contributed by atoms with Crippen molar-refractivity contribution in [2.75, 3.05) is 19.7 Å². The van der Waals surface area contributed by atoms with Crippen LogP contribution in [0, 0.1) is 0 Å². The average Bonchev–Trinajstić information content (AvgIpc) is 2.34. The minimum Gasteiger partial charge on any atom is -0.492 e. The Morgan fingerprint density at radius 1 is 1.26 bits per heavy atom. The molecule has 0 atom stereocenters. The van der Waals surface area contributed by atoms with Crippen LogP contribution in [0.2, 0.25) is 0 Å². The van der Waals surface area contributed by atoms with E-state index in [1.807, 2.05) is 6.92 Å². The Morgan fingerprint density at radius 2 is 1.89 bits per heavy atom. The summed E-state index contributed by atoms with van der Waals surface area (Å²) < 4.78 is 7.53. The molecular formula is C15H21Br2NO. The number of benzene rings is 1. The minimum absolute atomic E-state index is 0.659. The van der Waals surface area contributed by atoms with E-state index >= 15 is 0 Å². The summed E-state index contributed by atoms with van der Waals surface area (Å²) in [6, 6.07) is 4.16. The molecule has 0 fully saturated rings. The van der Waals surface area contributed by atoms with E-state index in [2.05, 4.69) is 69.2 Å². The van der Waals surface area contributed by atoms with E-state index in [9.17, 15) is 0 Å². The lowest BCUT2D eigenvalue weighted by atomic mass is 10.1. The van der Waals surface area contributed by atoms with Crippen LogP contribution in [0.5, 0.6) is 5.75 Å². The summed E-state index contributed by atoms with van der Waals surface area (Å²) in [5, 5.41) is 3.40. The Bertz CT molecular complexity index is 421. The van der Waals surface area contributed by atoms with Gasteiger partial charge >= 0.3 is 0 Å². The molecule has 4 heteroatoms. The summed E-state index contributed by atoms with van der Waals surface area (Å²) >= 11 is 7.11. The second-order valence-corrected chi connectivity index (χ2v) is 6.12. The highest BCUT2D eigenvalue weighted by atomic mass is 79.9. The maximum Gasteiger partial charge on any atom is 0.147 e. The van der Waals surface area contributed by atoms with Gasteiger partial charge in [-0.15, -0.1) is 0 Å². The van der Waals surface area contributed by atoms with Crippen LogP contribution in [-0.2, 0) is 0 Å². The van der Waals surface area contributed by atoms with E-state index < -0.39 is 0 Å². The lowest BCUT2D eigenvalue weighted by molar-refractivity contribution is 0.336. The topological polar surface area (TPSA) is 21.3 Å². The van der Waals surface area contributed by atoms with Gasteiger partial charge in [0.05, 0.1) is 15.6 Å². The zero-order chi connectivity index (χ0) is 14.3. The Kier molecular flexibility index (Phi) is 7.73. The average molecular weight is 391 g/mol. The highest BCUT2D eigenvalue weighted by Crippen LogP contribution is 2.35. The molecule has 1 aromatic rings. The molecule has 0 radical (unpaired) electrons. The van der Waals surface area contributed by atoms with Crippen LogP contribution in [-0.4, -0.2) is 19.7 Å². The third-order valence-corrected chi connectivity index (χ3v) is 3.73. The number of hydrogen-bond acceptors (Lipinski definition) is 2. The van der Waals surface area contributed by atoms with Crippen LogP contribution >= 0.6 is 31.9 Å². The predicted molar refractivity (Wildman–Crippen MR) is 89.8 cm³/mol. The Hall–Kier alpha value is -0.320. The smallest absolute Gasteiger partial charge is 0.147 e. The van der Waals surface area contributed by atoms with Gasteiger partial charge in [0.25, 0.3) is 0 Å². The van der Waals surface area contributed by atoms with Gasteiger partial charge in [-0.2, -0.15) is 0 Å². The minimum atomic E-state index is 0.659. The van der Waals surface area contributed by atoms with E-state index in [-0.39, 0.29) is 0 Å². The third kappa shape index (κ3) is 5.67. The standard InChI is InChI=1S/C15H21Br2NO/c1-4-6-18-10-11(3)7-12-8-13(16)15(19-5-2)14(17)9-12/h7-9,18H,4-6,10H2,1-3H3. The Balaban J connectivity index is 2.82. The van der Waals surface area contributed by atoms with Gasteiger partial charge in [-0.3, -0.25) is 0 Å². The highest BCUT2D eigenvalue weighted by Gasteiger charge is 2.07. The third-order valence-electron chi connectivity index (χ3n) is 2.55. The summed E-state index contributed by atoms with van der Waals surface area (Å²) in [5.74, 6) is 0.862. The van der Waals surface area contributed by atoms with Crippen LogP contribution in [0.3, 0.4) is 0 Å². The molecule has 0 aliphatic heterocycles. The number of ether oxygens (including phenoxy) is 1. The van der Waals surface area contributed by atoms with Crippen molar-refractivity contribution in [2.24, 2.45) is 0 Å². The lowest BCUT2D eigenvalue weighted by Gasteiger charge is -2.10. The summed E-state index contributed by atoms with van der Waals surface area (Å²) in [6.45, 7) is 8.94. The molecule has 1 rings (SSSR count). The van der Waals surface area contributed by atoms with Crippen molar-refractivity contribution in [2.45, 2.75) is 27.2 Å². The quantitative estimate of drug-likeness (QED) is 0.660. The van der Waals surface area contributed by atoms with Gasteiger partial charge in [0.1, 0.15) is 5.75 Å². The fourth-order valence-corrected chi connectivity index (χ4v) is 3.19. The molecule has 2 nitrogen and oxygen atoms in total. The van der Waals surface area contributed by atoms with Gasteiger partial charge in [0, 0.05) is 6.54 Å². The zero-order valence-electron chi connectivity index (χ0n) is 11.7. The number of nitrogens with one attached hydrogen (secondary N) is 1. The van der Waals surface area contributed by atoms with Crippen molar-refractivity contribution in [1.82, 2.24) is 5.32 Å². The Labute approximate surface area is 132 Å². The van der Waals surface area contributed by atoms with E-state index in [1.165, 1.54) is 5.57 Å². The molecule has 1 N–H and O–H groups in total. The molecule has 0 aliphatic rings. The number of rotatable bonds is 7. The lowest BCUT2D eigenvalue weighted by Crippen LogP contribution is -2.16. The molecule has 0 spiro atoms. The largest absolute Gasteiger partial charge is 0.492 e. The van der Waals surface area contributed by atoms with E-state index in [0.717, 1.165) is 39.8 Å². The van der Waals surface area contributed by atoms with Crippen molar-refractivity contribution in [3.63, 3.8) is 0 Å². The molecule has 0 amide bonds. The molecule has 1 aromatic carbocycles. The number of hydrogen-bond donors (Lipinski definition) is 1. The molecule has 106 valence electrons. The highest BCUT2D eigenvalue weighted by molar-refractivity contribution is 9.11. The second kappa shape index (κ2) is 8.77. The SMILES string of the molecule is CCCNCC(C)=Cc1cc(Br)c(OCC)c(Br)c1. The molecule has 0 heterocycles. The summed E-state index contributed by atoms with van der Waals surface area (Å²) in [7, 11) is 0. The van der Waals surface area contributed by atoms with E-state index in [4.69, 9.17) is 4.74 Å². The molecule has 0 aliphatic carbocycles. The Morgan fingerprint density at radius 3 is 2.42 bits per heavy atom. The first-order chi connectivity index (χ1) is 9.08. The van der Waals surface area contributed by atoms with Crippen molar-refractivity contribution in [1.29, 1.82) is 0 Å². The summed E-state index contributed by atoms with van der Waals surface area (Å²) in [6.07, 6.45) is 3.35. The maximum atomic E-state index is 5.58. The normalized spacial score (nSPS) is 11.7. The van der Waals surface area contributed by atoms with Gasteiger partial charge in [-0.05, 0) is 76.4 Å². The van der Waals surface area contributed by atoms with Gasteiger partial charge in [-0.1, -0.05) is 18.6 Å². The van der Waals surface area contributed by atoms with E-state index in [1.54, 1.807) is 0 Å². The molecule has 0 unspecified atom stereocenters. The van der Waals surface area contributed by atoms with Crippen molar-refractivity contribution in [3.05, 3.63) is 32.2 Å².